The number of carbonyl (C=O) groups is 2. The second-order valence-corrected chi connectivity index (χ2v) is 9.05. The molecule has 1 aromatic heterocycles. The van der Waals surface area contributed by atoms with Crippen molar-refractivity contribution in [3.05, 3.63) is 83.4 Å². The van der Waals surface area contributed by atoms with E-state index in [9.17, 15) is 14.0 Å². The van der Waals surface area contributed by atoms with Crippen LogP contribution in [-0.2, 0) is 13.5 Å². The molecule has 2 amide bonds. The summed E-state index contributed by atoms with van der Waals surface area (Å²) in [5.41, 5.74) is 1.98. The Bertz CT molecular complexity index is 1170. The lowest BCUT2D eigenvalue weighted by Crippen LogP contribution is -2.48. The monoisotopic (exact) mass is 478 g/mol. The first-order valence-corrected chi connectivity index (χ1v) is 11.8. The summed E-state index contributed by atoms with van der Waals surface area (Å²) in [6, 6.07) is 15.2. The summed E-state index contributed by atoms with van der Waals surface area (Å²) < 4.78 is 20.3. The molecule has 1 aliphatic rings. The standard InChI is InChI=1S/C27H31FN4O3/c1-30-14-13-24(29-30)27(34)31(2)25(18-19-5-4-6-23(17-19)35-3)20-11-15-32(16-12-20)26(33)21-7-9-22(28)10-8-21/h4-10,13-14,17,20,25H,11-12,15-16,18H2,1-3H3/t25-/m1/s1. The van der Waals surface area contributed by atoms with Crippen LogP contribution < -0.4 is 4.74 Å². The maximum absolute atomic E-state index is 13.3. The molecule has 184 valence electrons. The molecule has 0 radical (unpaired) electrons. The molecule has 8 heteroatoms. The molecule has 2 aromatic carbocycles. The van der Waals surface area contributed by atoms with E-state index in [0.29, 0.717) is 30.8 Å². The Balaban J connectivity index is 1.51. The fourth-order valence-electron chi connectivity index (χ4n) is 4.78. The quantitative estimate of drug-likeness (QED) is 0.518. The highest BCUT2D eigenvalue weighted by Gasteiger charge is 2.34. The van der Waals surface area contributed by atoms with Crippen molar-refractivity contribution in [3.63, 3.8) is 0 Å². The molecule has 7 nitrogen and oxygen atoms in total. The van der Waals surface area contributed by atoms with E-state index >= 15 is 0 Å². The molecule has 0 unspecified atom stereocenters. The molecule has 3 aromatic rings. The minimum Gasteiger partial charge on any atom is -0.497 e. The third kappa shape index (κ3) is 5.70. The fraction of sp³-hybridized carbons (Fsp3) is 0.370. The van der Waals surface area contributed by atoms with Crippen LogP contribution in [0.1, 0.15) is 39.3 Å². The lowest BCUT2D eigenvalue weighted by Gasteiger charge is -2.40. The van der Waals surface area contributed by atoms with Crippen molar-refractivity contribution in [1.82, 2.24) is 19.6 Å². The van der Waals surface area contributed by atoms with Gasteiger partial charge in [0.1, 0.15) is 17.3 Å². The number of ether oxygens (including phenoxy) is 1. The largest absolute Gasteiger partial charge is 0.497 e. The first-order chi connectivity index (χ1) is 16.9. The number of aryl methyl sites for hydroxylation is 1. The number of nitrogens with zero attached hydrogens (tertiary/aromatic N) is 4. The van der Waals surface area contributed by atoms with Crippen molar-refractivity contribution in [2.45, 2.75) is 25.3 Å². The Morgan fingerprint density at radius 3 is 2.49 bits per heavy atom. The van der Waals surface area contributed by atoms with Crippen LogP contribution in [0.5, 0.6) is 5.75 Å². The third-order valence-corrected chi connectivity index (χ3v) is 6.79. The number of likely N-dealkylation sites (tertiary alicyclic amines) is 1. The number of methoxy groups -OCH3 is 1. The molecular formula is C27H31FN4O3. The van der Waals surface area contributed by atoms with Crippen molar-refractivity contribution in [2.75, 3.05) is 27.2 Å². The highest BCUT2D eigenvalue weighted by atomic mass is 19.1. The van der Waals surface area contributed by atoms with Gasteiger partial charge in [0.15, 0.2) is 0 Å². The van der Waals surface area contributed by atoms with Gasteiger partial charge in [-0.1, -0.05) is 12.1 Å². The number of carbonyl (C=O) groups excluding carboxylic acids is 2. The lowest BCUT2D eigenvalue weighted by atomic mass is 9.84. The molecule has 1 saturated heterocycles. The Morgan fingerprint density at radius 1 is 1.14 bits per heavy atom. The van der Waals surface area contributed by atoms with E-state index in [2.05, 4.69) is 5.10 Å². The van der Waals surface area contributed by atoms with Crippen LogP contribution in [0.3, 0.4) is 0 Å². The van der Waals surface area contributed by atoms with Crippen LogP contribution in [-0.4, -0.2) is 64.7 Å². The second-order valence-electron chi connectivity index (χ2n) is 9.05. The van der Waals surface area contributed by atoms with E-state index < -0.39 is 0 Å². The molecule has 2 heterocycles. The van der Waals surface area contributed by atoms with Gasteiger partial charge in [-0.15, -0.1) is 0 Å². The first kappa shape index (κ1) is 24.4. The van der Waals surface area contributed by atoms with Crippen molar-refractivity contribution in [2.24, 2.45) is 13.0 Å². The average molecular weight is 479 g/mol. The summed E-state index contributed by atoms with van der Waals surface area (Å²) in [5.74, 6) is 0.408. The molecule has 0 bridgehead atoms. The van der Waals surface area contributed by atoms with E-state index in [1.165, 1.54) is 24.3 Å². The Hall–Kier alpha value is -3.68. The predicted molar refractivity (Wildman–Crippen MR) is 131 cm³/mol. The van der Waals surface area contributed by atoms with Crippen LogP contribution in [0.15, 0.2) is 60.8 Å². The summed E-state index contributed by atoms with van der Waals surface area (Å²) >= 11 is 0. The number of amides is 2. The summed E-state index contributed by atoms with van der Waals surface area (Å²) in [4.78, 5) is 29.8. The van der Waals surface area contributed by atoms with Crippen molar-refractivity contribution in [1.29, 1.82) is 0 Å². The van der Waals surface area contributed by atoms with Crippen LogP contribution >= 0.6 is 0 Å². The van der Waals surface area contributed by atoms with Crippen LogP contribution in [0.2, 0.25) is 0 Å². The van der Waals surface area contributed by atoms with E-state index in [0.717, 1.165) is 24.2 Å². The Kier molecular flexibility index (Phi) is 7.48. The number of benzene rings is 2. The van der Waals surface area contributed by atoms with E-state index in [1.807, 2.05) is 36.2 Å². The third-order valence-electron chi connectivity index (χ3n) is 6.79. The maximum atomic E-state index is 13.3. The number of hydrogen-bond acceptors (Lipinski definition) is 4. The molecular weight excluding hydrogens is 447 g/mol. The molecule has 0 aliphatic carbocycles. The molecule has 0 N–H and O–H groups in total. The lowest BCUT2D eigenvalue weighted by molar-refractivity contribution is 0.0518. The molecule has 1 fully saturated rings. The van der Waals surface area contributed by atoms with Crippen LogP contribution in [0.4, 0.5) is 4.39 Å². The van der Waals surface area contributed by atoms with Crippen LogP contribution in [0, 0.1) is 11.7 Å². The number of likely N-dealkylation sites (N-methyl/N-ethyl adjacent to an activating group) is 1. The minimum absolute atomic E-state index is 0.0697. The van der Waals surface area contributed by atoms with Crippen LogP contribution in [0.25, 0.3) is 0 Å². The second kappa shape index (κ2) is 10.7. The van der Waals surface area contributed by atoms with Crippen molar-refractivity contribution >= 4 is 11.8 Å². The molecule has 35 heavy (non-hydrogen) atoms. The minimum atomic E-state index is -0.360. The molecule has 1 atom stereocenters. The van der Waals surface area contributed by atoms with Gasteiger partial charge < -0.3 is 14.5 Å². The van der Waals surface area contributed by atoms with E-state index in [4.69, 9.17) is 4.74 Å². The molecule has 0 saturated carbocycles. The zero-order valence-corrected chi connectivity index (χ0v) is 20.4. The van der Waals surface area contributed by atoms with Gasteiger partial charge >= 0.3 is 0 Å². The van der Waals surface area contributed by atoms with Gasteiger partial charge in [-0.2, -0.15) is 5.10 Å². The Morgan fingerprint density at radius 2 is 1.86 bits per heavy atom. The smallest absolute Gasteiger partial charge is 0.274 e. The van der Waals surface area contributed by atoms with Gasteiger partial charge in [0.05, 0.1) is 7.11 Å². The topological polar surface area (TPSA) is 67.7 Å². The highest BCUT2D eigenvalue weighted by molar-refractivity contribution is 5.94. The molecule has 1 aliphatic heterocycles. The average Bonchev–Trinajstić information content (AvgIpc) is 3.33. The summed E-state index contributed by atoms with van der Waals surface area (Å²) in [5, 5.41) is 4.29. The van der Waals surface area contributed by atoms with Gasteiger partial charge in [-0.3, -0.25) is 14.3 Å². The fourth-order valence-corrected chi connectivity index (χ4v) is 4.78. The number of hydrogen-bond donors (Lipinski definition) is 0. The maximum Gasteiger partial charge on any atom is 0.274 e. The number of rotatable bonds is 7. The van der Waals surface area contributed by atoms with Gasteiger partial charge in [0.2, 0.25) is 0 Å². The Labute approximate surface area is 205 Å². The highest BCUT2D eigenvalue weighted by Crippen LogP contribution is 2.29. The van der Waals surface area contributed by atoms with E-state index in [1.54, 1.807) is 36.0 Å². The van der Waals surface area contributed by atoms with Gasteiger partial charge in [0.25, 0.3) is 11.8 Å². The zero-order chi connectivity index (χ0) is 24.9. The zero-order valence-electron chi connectivity index (χ0n) is 20.4. The van der Waals surface area contributed by atoms with Gasteiger partial charge in [0, 0.05) is 45.0 Å². The van der Waals surface area contributed by atoms with Gasteiger partial charge in [-0.25, -0.2) is 4.39 Å². The summed E-state index contributed by atoms with van der Waals surface area (Å²) in [7, 11) is 5.26. The predicted octanol–water partition coefficient (Wildman–Crippen LogP) is 3.80. The number of aromatic nitrogens is 2. The molecule has 4 rings (SSSR count). The summed E-state index contributed by atoms with van der Waals surface area (Å²) in [6.45, 7) is 1.17. The van der Waals surface area contributed by atoms with Crippen molar-refractivity contribution in [3.8, 4) is 5.75 Å². The molecule has 0 spiro atoms. The first-order valence-electron chi connectivity index (χ1n) is 11.8. The van der Waals surface area contributed by atoms with E-state index in [-0.39, 0.29) is 29.6 Å². The SMILES string of the molecule is COc1cccc(C[C@H](C2CCN(C(=O)c3ccc(F)cc3)CC2)N(C)C(=O)c2ccn(C)n2)c1. The summed E-state index contributed by atoms with van der Waals surface area (Å²) in [6.07, 6.45) is 3.96. The normalized spacial score (nSPS) is 15.0. The number of piperidine rings is 1. The van der Waals surface area contributed by atoms with Gasteiger partial charge in [-0.05, 0) is 73.2 Å². The van der Waals surface area contributed by atoms with Crippen molar-refractivity contribution < 1.29 is 18.7 Å². The number of halogens is 1.